The predicted octanol–water partition coefficient (Wildman–Crippen LogP) is 1.47. The molecular formula is C18H22O8. The Hall–Kier alpha value is -2.45. The summed E-state index contributed by atoms with van der Waals surface area (Å²) in [5.74, 6) is -1.84. The van der Waals surface area contributed by atoms with Crippen molar-refractivity contribution in [3.05, 3.63) is 35.9 Å². The van der Waals surface area contributed by atoms with E-state index in [1.807, 2.05) is 0 Å². The molecule has 0 aliphatic carbocycles. The van der Waals surface area contributed by atoms with Crippen LogP contribution >= 0.6 is 0 Å². The minimum absolute atomic E-state index is 0.333. The summed E-state index contributed by atoms with van der Waals surface area (Å²) in [6, 6.07) is 8.36. The molecule has 0 amide bonds. The maximum atomic E-state index is 12.4. The fourth-order valence-corrected chi connectivity index (χ4v) is 2.73. The topological polar surface area (TPSA) is 97.4 Å². The molecule has 1 fully saturated rings. The number of hydrogen-bond donors (Lipinski definition) is 0. The highest BCUT2D eigenvalue weighted by atomic mass is 16.7. The summed E-state index contributed by atoms with van der Waals surface area (Å²) in [6.45, 7) is 4.07. The van der Waals surface area contributed by atoms with Crippen LogP contribution in [0, 0.1) is 0 Å². The summed E-state index contributed by atoms with van der Waals surface area (Å²) in [4.78, 5) is 35.4. The van der Waals surface area contributed by atoms with E-state index < -0.39 is 48.6 Å². The van der Waals surface area contributed by atoms with Crippen LogP contribution in [0.1, 0.15) is 31.1 Å². The van der Waals surface area contributed by atoms with E-state index in [1.54, 1.807) is 37.3 Å². The first-order valence-electron chi connectivity index (χ1n) is 8.12. The van der Waals surface area contributed by atoms with Crippen LogP contribution in [0.2, 0.25) is 0 Å². The molecule has 0 saturated carbocycles. The SMILES string of the molecule is CO[C@H]1O[C@H](C)[C@@H](OC(=O)c2ccccc2)[C@H](OC(C)=O)[C@H]1OC(C)=O. The Morgan fingerprint density at radius 3 is 2.00 bits per heavy atom. The van der Waals surface area contributed by atoms with Crippen LogP contribution in [0.25, 0.3) is 0 Å². The van der Waals surface area contributed by atoms with Crippen LogP contribution in [0.15, 0.2) is 30.3 Å². The average molecular weight is 366 g/mol. The van der Waals surface area contributed by atoms with E-state index in [0.29, 0.717) is 5.56 Å². The van der Waals surface area contributed by atoms with Gasteiger partial charge in [0.2, 0.25) is 0 Å². The van der Waals surface area contributed by atoms with Gasteiger partial charge in [-0.3, -0.25) is 9.59 Å². The number of methoxy groups -OCH3 is 1. The lowest BCUT2D eigenvalue weighted by Gasteiger charge is -2.43. The normalized spacial score (nSPS) is 28.1. The Morgan fingerprint density at radius 2 is 1.46 bits per heavy atom. The third-order valence-corrected chi connectivity index (χ3v) is 3.82. The molecule has 1 saturated heterocycles. The maximum absolute atomic E-state index is 12.4. The van der Waals surface area contributed by atoms with Crippen molar-refractivity contribution >= 4 is 17.9 Å². The molecule has 8 heteroatoms. The van der Waals surface area contributed by atoms with Crippen LogP contribution in [0.4, 0.5) is 0 Å². The van der Waals surface area contributed by atoms with Gasteiger partial charge in [0.15, 0.2) is 24.6 Å². The molecule has 142 valence electrons. The van der Waals surface area contributed by atoms with E-state index in [9.17, 15) is 14.4 Å². The Bertz CT molecular complexity index is 644. The first kappa shape index (κ1) is 19.9. The first-order chi connectivity index (χ1) is 12.3. The standard InChI is InChI=1S/C18H22O8/c1-10-14(26-17(21)13-8-6-5-7-9-13)15(24-11(2)19)16(25-12(3)20)18(22-4)23-10/h5-10,14-16,18H,1-4H3/t10-,14-,15+,16-,18+/m1/s1. The molecule has 0 N–H and O–H groups in total. The second-order valence-electron chi connectivity index (χ2n) is 5.83. The number of carbonyl (C=O) groups excluding carboxylic acids is 3. The van der Waals surface area contributed by atoms with Gasteiger partial charge in [-0.15, -0.1) is 0 Å². The van der Waals surface area contributed by atoms with E-state index in [1.165, 1.54) is 21.0 Å². The summed E-state index contributed by atoms with van der Waals surface area (Å²) in [5.41, 5.74) is 0.333. The summed E-state index contributed by atoms with van der Waals surface area (Å²) >= 11 is 0. The molecule has 5 atom stereocenters. The maximum Gasteiger partial charge on any atom is 0.338 e. The first-order valence-corrected chi connectivity index (χ1v) is 8.12. The Kier molecular flexibility index (Phi) is 6.70. The zero-order valence-corrected chi connectivity index (χ0v) is 15.0. The molecule has 0 radical (unpaired) electrons. The van der Waals surface area contributed by atoms with Gasteiger partial charge in [-0.2, -0.15) is 0 Å². The lowest BCUT2D eigenvalue weighted by Crippen LogP contribution is -2.61. The molecule has 0 spiro atoms. The van der Waals surface area contributed by atoms with Crippen molar-refractivity contribution in [1.29, 1.82) is 0 Å². The van der Waals surface area contributed by atoms with Crippen LogP contribution < -0.4 is 0 Å². The van der Waals surface area contributed by atoms with Gasteiger partial charge in [0.1, 0.15) is 0 Å². The van der Waals surface area contributed by atoms with E-state index in [-0.39, 0.29) is 0 Å². The fraction of sp³-hybridized carbons (Fsp3) is 0.500. The monoisotopic (exact) mass is 366 g/mol. The van der Waals surface area contributed by atoms with Crippen molar-refractivity contribution in [2.45, 2.75) is 51.5 Å². The molecule has 26 heavy (non-hydrogen) atoms. The van der Waals surface area contributed by atoms with Crippen molar-refractivity contribution in [3.63, 3.8) is 0 Å². The third-order valence-electron chi connectivity index (χ3n) is 3.82. The Balaban J connectivity index is 2.28. The lowest BCUT2D eigenvalue weighted by atomic mass is 9.98. The second kappa shape index (κ2) is 8.77. The highest BCUT2D eigenvalue weighted by Crippen LogP contribution is 2.29. The average Bonchev–Trinajstić information content (AvgIpc) is 2.60. The van der Waals surface area contributed by atoms with Gasteiger partial charge in [-0.05, 0) is 19.1 Å². The highest BCUT2D eigenvalue weighted by Gasteiger charge is 2.50. The molecule has 1 aromatic rings. The van der Waals surface area contributed by atoms with Crippen molar-refractivity contribution in [2.24, 2.45) is 0 Å². The smallest absolute Gasteiger partial charge is 0.338 e. The summed E-state index contributed by atoms with van der Waals surface area (Å²) < 4.78 is 26.9. The van der Waals surface area contributed by atoms with Gasteiger partial charge in [-0.25, -0.2) is 4.79 Å². The highest BCUT2D eigenvalue weighted by molar-refractivity contribution is 5.89. The largest absolute Gasteiger partial charge is 0.454 e. The summed E-state index contributed by atoms with van der Waals surface area (Å²) in [7, 11) is 1.37. The lowest BCUT2D eigenvalue weighted by molar-refractivity contribution is -0.291. The predicted molar refractivity (Wildman–Crippen MR) is 88.1 cm³/mol. The van der Waals surface area contributed by atoms with Gasteiger partial charge >= 0.3 is 17.9 Å². The molecule has 0 bridgehead atoms. The summed E-state index contributed by atoms with van der Waals surface area (Å²) in [5, 5.41) is 0. The number of esters is 3. The number of rotatable bonds is 5. The number of benzene rings is 1. The molecule has 1 aliphatic heterocycles. The molecule has 0 unspecified atom stereocenters. The van der Waals surface area contributed by atoms with Crippen LogP contribution in [-0.2, 0) is 33.3 Å². The number of ether oxygens (including phenoxy) is 5. The van der Waals surface area contributed by atoms with E-state index in [4.69, 9.17) is 23.7 Å². The van der Waals surface area contributed by atoms with Crippen LogP contribution in [-0.4, -0.2) is 55.7 Å². The minimum Gasteiger partial charge on any atom is -0.454 e. The van der Waals surface area contributed by atoms with Gasteiger partial charge in [0, 0.05) is 21.0 Å². The Morgan fingerprint density at radius 1 is 0.885 bits per heavy atom. The third kappa shape index (κ3) is 4.80. The zero-order chi connectivity index (χ0) is 19.3. The van der Waals surface area contributed by atoms with Crippen LogP contribution in [0.5, 0.6) is 0 Å². The van der Waals surface area contributed by atoms with Crippen molar-refractivity contribution in [1.82, 2.24) is 0 Å². The number of hydrogen-bond acceptors (Lipinski definition) is 8. The summed E-state index contributed by atoms with van der Waals surface area (Å²) in [6.07, 6.45) is -4.76. The van der Waals surface area contributed by atoms with Crippen molar-refractivity contribution in [2.75, 3.05) is 7.11 Å². The number of carbonyl (C=O) groups is 3. The zero-order valence-electron chi connectivity index (χ0n) is 15.0. The van der Waals surface area contributed by atoms with Gasteiger partial charge in [0.25, 0.3) is 0 Å². The minimum atomic E-state index is -1.08. The van der Waals surface area contributed by atoms with Gasteiger partial charge in [-0.1, -0.05) is 18.2 Å². The molecule has 0 aromatic heterocycles. The van der Waals surface area contributed by atoms with Crippen molar-refractivity contribution in [3.8, 4) is 0 Å². The van der Waals surface area contributed by atoms with Crippen LogP contribution in [0.3, 0.4) is 0 Å². The fourth-order valence-electron chi connectivity index (χ4n) is 2.73. The molecule has 1 aromatic carbocycles. The molecular weight excluding hydrogens is 344 g/mol. The molecule has 1 aliphatic rings. The molecule has 2 rings (SSSR count). The van der Waals surface area contributed by atoms with Gasteiger partial charge in [0.05, 0.1) is 11.7 Å². The molecule has 1 heterocycles. The van der Waals surface area contributed by atoms with E-state index in [0.717, 1.165) is 0 Å². The second-order valence-corrected chi connectivity index (χ2v) is 5.83. The Labute approximate surface area is 151 Å². The quantitative estimate of drug-likeness (QED) is 0.571. The van der Waals surface area contributed by atoms with E-state index in [2.05, 4.69) is 0 Å². The van der Waals surface area contributed by atoms with Crippen molar-refractivity contribution < 1.29 is 38.1 Å². The molecule has 8 nitrogen and oxygen atoms in total. The van der Waals surface area contributed by atoms with E-state index >= 15 is 0 Å². The van der Waals surface area contributed by atoms with Gasteiger partial charge < -0.3 is 23.7 Å².